The average molecular weight is 439 g/mol. The maximum Gasteiger partial charge on any atom is 0.411 e. The van der Waals surface area contributed by atoms with Crippen molar-refractivity contribution in [3.8, 4) is 0 Å². The molecule has 2 aliphatic rings. The molecule has 2 bridgehead atoms. The van der Waals surface area contributed by atoms with E-state index < -0.39 is 18.4 Å². The molecule has 0 spiro atoms. The van der Waals surface area contributed by atoms with E-state index in [0.717, 1.165) is 41.5 Å². The monoisotopic (exact) mass is 439 g/mol. The third-order valence-electron chi connectivity index (χ3n) is 5.13. The van der Waals surface area contributed by atoms with Gasteiger partial charge in [-0.3, -0.25) is 0 Å². The highest BCUT2D eigenvalue weighted by atomic mass is 127. The van der Waals surface area contributed by atoms with E-state index in [2.05, 4.69) is 27.5 Å². The summed E-state index contributed by atoms with van der Waals surface area (Å²) >= 11 is 2.21. The van der Waals surface area contributed by atoms with Crippen molar-refractivity contribution < 1.29 is 17.9 Å². The Kier molecular flexibility index (Phi) is 4.95. The molecule has 128 valence electrons. The normalized spacial score (nSPS) is 32.0. The van der Waals surface area contributed by atoms with Crippen LogP contribution in [0.15, 0.2) is 24.3 Å². The summed E-state index contributed by atoms with van der Waals surface area (Å²) in [5.41, 5.74) is 0.109. The predicted molar refractivity (Wildman–Crippen MR) is 91.2 cm³/mol. The van der Waals surface area contributed by atoms with E-state index in [4.69, 9.17) is 4.74 Å². The fourth-order valence-electron chi connectivity index (χ4n) is 4.38. The number of alkyl halides is 3. The van der Waals surface area contributed by atoms with Gasteiger partial charge in [-0.25, -0.2) is 0 Å². The number of piperidine rings is 1. The number of halogens is 4. The van der Waals surface area contributed by atoms with Gasteiger partial charge in [0.1, 0.15) is 12.2 Å². The van der Waals surface area contributed by atoms with Gasteiger partial charge >= 0.3 is 6.18 Å². The zero-order chi connectivity index (χ0) is 16.7. The first kappa shape index (κ1) is 17.5. The molecule has 1 heterocycles. The Morgan fingerprint density at radius 3 is 2.48 bits per heavy atom. The van der Waals surface area contributed by atoms with Crippen LogP contribution in [0.3, 0.4) is 0 Å². The zero-order valence-electron chi connectivity index (χ0n) is 13.1. The molecule has 1 aromatic rings. The van der Waals surface area contributed by atoms with Crippen molar-refractivity contribution in [1.82, 2.24) is 4.90 Å². The molecule has 0 unspecified atom stereocenters. The standard InChI is InChI=1S/C17H21F3INO/c1-22-9-13-5-2-6-14(10-22)17(13,23-11-16(18,19)20)12-4-3-7-15(21)8-12/h3-4,7-8,13-14H,2,5-6,9-11H2,1H3/t13-,14+,17-. The highest BCUT2D eigenvalue weighted by molar-refractivity contribution is 14.1. The molecule has 0 radical (unpaired) electrons. The van der Waals surface area contributed by atoms with Gasteiger partial charge in [0.25, 0.3) is 0 Å². The van der Waals surface area contributed by atoms with Crippen molar-refractivity contribution in [3.05, 3.63) is 33.4 Å². The minimum absolute atomic E-state index is 0.112. The van der Waals surface area contributed by atoms with Gasteiger partial charge < -0.3 is 9.64 Å². The van der Waals surface area contributed by atoms with Gasteiger partial charge in [-0.1, -0.05) is 18.6 Å². The van der Waals surface area contributed by atoms with Crippen LogP contribution >= 0.6 is 22.6 Å². The molecule has 2 fully saturated rings. The van der Waals surface area contributed by atoms with E-state index in [1.165, 1.54) is 0 Å². The molecular weight excluding hydrogens is 418 g/mol. The molecule has 0 N–H and O–H groups in total. The van der Waals surface area contributed by atoms with E-state index >= 15 is 0 Å². The first-order chi connectivity index (χ1) is 10.8. The second-order valence-electron chi connectivity index (χ2n) is 6.75. The highest BCUT2D eigenvalue weighted by Crippen LogP contribution is 2.52. The van der Waals surface area contributed by atoms with E-state index in [0.29, 0.717) is 0 Å². The number of rotatable bonds is 3. The summed E-state index contributed by atoms with van der Waals surface area (Å²) in [6, 6.07) is 7.82. The molecular formula is C17H21F3INO. The van der Waals surface area contributed by atoms with Gasteiger partial charge in [0.05, 0.1) is 0 Å². The minimum Gasteiger partial charge on any atom is -0.360 e. The van der Waals surface area contributed by atoms with Gasteiger partial charge in [-0.2, -0.15) is 13.2 Å². The number of hydrogen-bond acceptors (Lipinski definition) is 2. The fourth-order valence-corrected chi connectivity index (χ4v) is 4.92. The van der Waals surface area contributed by atoms with E-state index in [1.54, 1.807) is 0 Å². The topological polar surface area (TPSA) is 12.5 Å². The van der Waals surface area contributed by atoms with Crippen LogP contribution < -0.4 is 0 Å². The zero-order valence-corrected chi connectivity index (χ0v) is 15.2. The van der Waals surface area contributed by atoms with Gasteiger partial charge in [-0.15, -0.1) is 0 Å². The summed E-state index contributed by atoms with van der Waals surface area (Å²) in [6.45, 7) is 0.412. The summed E-state index contributed by atoms with van der Waals surface area (Å²) in [6.07, 6.45) is -1.38. The van der Waals surface area contributed by atoms with Crippen LogP contribution in [0, 0.1) is 15.4 Å². The highest BCUT2D eigenvalue weighted by Gasteiger charge is 2.54. The predicted octanol–water partition coefficient (Wildman–Crippen LogP) is 4.43. The fraction of sp³-hybridized carbons (Fsp3) is 0.647. The Morgan fingerprint density at radius 1 is 1.26 bits per heavy atom. The molecule has 1 aliphatic heterocycles. The van der Waals surface area contributed by atoms with Crippen LogP contribution in [0.2, 0.25) is 0 Å². The van der Waals surface area contributed by atoms with Gasteiger partial charge in [0.15, 0.2) is 0 Å². The maximum absolute atomic E-state index is 12.9. The third-order valence-corrected chi connectivity index (χ3v) is 5.80. The van der Waals surface area contributed by atoms with Gasteiger partial charge in [0, 0.05) is 28.5 Å². The molecule has 2 nitrogen and oxygen atoms in total. The van der Waals surface area contributed by atoms with Crippen LogP contribution in [0.25, 0.3) is 0 Å². The first-order valence-corrected chi connectivity index (χ1v) is 9.04. The Bertz CT molecular complexity index is 549. The Hall–Kier alpha value is -0.340. The summed E-state index contributed by atoms with van der Waals surface area (Å²) in [5.74, 6) is 0.223. The summed E-state index contributed by atoms with van der Waals surface area (Å²) < 4.78 is 45.4. The molecule has 3 atom stereocenters. The number of likely N-dealkylation sites (tertiary alicyclic amines) is 1. The van der Waals surface area contributed by atoms with Gasteiger partial charge in [-0.05, 0) is 60.2 Å². The SMILES string of the molecule is CN1C[C@H]2CCC[C@@H](C1)[C@@]2(OCC(F)(F)F)c1cccc(I)c1. The largest absolute Gasteiger partial charge is 0.411 e. The Morgan fingerprint density at radius 2 is 1.91 bits per heavy atom. The van der Waals surface area contributed by atoms with Crippen LogP contribution in [-0.4, -0.2) is 37.8 Å². The number of benzene rings is 1. The minimum atomic E-state index is -4.30. The van der Waals surface area contributed by atoms with Crippen molar-refractivity contribution in [1.29, 1.82) is 0 Å². The quantitative estimate of drug-likeness (QED) is 0.647. The second-order valence-corrected chi connectivity index (χ2v) is 8.00. The van der Waals surface area contributed by atoms with Gasteiger partial charge in [0.2, 0.25) is 0 Å². The summed E-state index contributed by atoms with van der Waals surface area (Å²) in [4.78, 5) is 2.23. The van der Waals surface area contributed by atoms with E-state index in [-0.39, 0.29) is 11.8 Å². The number of nitrogens with zero attached hydrogens (tertiary/aromatic N) is 1. The van der Waals surface area contributed by atoms with Crippen molar-refractivity contribution in [3.63, 3.8) is 0 Å². The molecule has 0 aromatic heterocycles. The molecule has 1 aromatic carbocycles. The molecule has 23 heavy (non-hydrogen) atoms. The lowest BCUT2D eigenvalue weighted by atomic mass is 9.62. The van der Waals surface area contributed by atoms with Crippen molar-refractivity contribution in [2.24, 2.45) is 11.8 Å². The lowest BCUT2D eigenvalue weighted by Crippen LogP contribution is -2.59. The molecule has 1 aliphatic carbocycles. The van der Waals surface area contributed by atoms with Crippen LogP contribution in [0.1, 0.15) is 24.8 Å². The lowest BCUT2D eigenvalue weighted by Gasteiger charge is -2.55. The molecule has 0 amide bonds. The van der Waals surface area contributed by atoms with Crippen molar-refractivity contribution in [2.45, 2.75) is 31.0 Å². The second kappa shape index (κ2) is 6.52. The molecule has 3 rings (SSSR count). The first-order valence-electron chi connectivity index (χ1n) is 7.96. The molecule has 6 heteroatoms. The lowest BCUT2D eigenvalue weighted by molar-refractivity contribution is -0.251. The summed E-state index contributed by atoms with van der Waals surface area (Å²) in [5, 5.41) is 0. The summed E-state index contributed by atoms with van der Waals surface area (Å²) in [7, 11) is 2.05. The number of ether oxygens (including phenoxy) is 1. The maximum atomic E-state index is 12.9. The Labute approximate surface area is 148 Å². The number of fused-ring (bicyclic) bond motifs is 2. The van der Waals surface area contributed by atoms with Crippen LogP contribution in [0.4, 0.5) is 13.2 Å². The average Bonchev–Trinajstić information content (AvgIpc) is 2.44. The van der Waals surface area contributed by atoms with Crippen LogP contribution in [0.5, 0.6) is 0 Å². The third kappa shape index (κ3) is 3.54. The Balaban J connectivity index is 2.03. The van der Waals surface area contributed by atoms with E-state index in [9.17, 15) is 13.2 Å². The smallest absolute Gasteiger partial charge is 0.360 e. The molecule has 1 saturated carbocycles. The van der Waals surface area contributed by atoms with Crippen molar-refractivity contribution in [2.75, 3.05) is 26.7 Å². The number of hydrogen-bond donors (Lipinski definition) is 0. The van der Waals surface area contributed by atoms with Crippen molar-refractivity contribution >= 4 is 22.6 Å². The molecule has 1 saturated heterocycles. The van der Waals surface area contributed by atoms with Crippen LogP contribution in [-0.2, 0) is 10.3 Å². The van der Waals surface area contributed by atoms with E-state index in [1.807, 2.05) is 31.3 Å².